The van der Waals surface area contributed by atoms with Gasteiger partial charge in [-0.15, -0.1) is 0 Å². The fourth-order valence-corrected chi connectivity index (χ4v) is 2.81. The third-order valence-corrected chi connectivity index (χ3v) is 3.99. The molecule has 2 rings (SSSR count). The largest absolute Gasteiger partial charge is 0.471 e. The predicted molar refractivity (Wildman–Crippen MR) is 54.7 cm³/mol. The summed E-state index contributed by atoms with van der Waals surface area (Å²) in [4.78, 5) is 10.8. The lowest BCUT2D eigenvalue weighted by molar-refractivity contribution is -0.326. The number of amides is 1. The van der Waals surface area contributed by atoms with Crippen LogP contribution in [0.15, 0.2) is 0 Å². The minimum absolute atomic E-state index is 0.0000194. The van der Waals surface area contributed by atoms with Crippen molar-refractivity contribution in [2.75, 3.05) is 6.61 Å². The topological polar surface area (TPSA) is 38.3 Å². The highest BCUT2D eigenvalue weighted by Crippen LogP contribution is 2.51. The lowest BCUT2D eigenvalue weighted by Gasteiger charge is -2.53. The van der Waals surface area contributed by atoms with E-state index in [0.29, 0.717) is 0 Å². The monoisotopic (exact) mass is 305 g/mol. The van der Waals surface area contributed by atoms with Crippen molar-refractivity contribution in [3.8, 4) is 0 Å². The summed E-state index contributed by atoms with van der Waals surface area (Å²) in [6.07, 6.45) is -9.24. The van der Waals surface area contributed by atoms with Gasteiger partial charge >= 0.3 is 18.3 Å². The molecular weight excluding hydrogens is 292 g/mol. The van der Waals surface area contributed by atoms with Crippen LogP contribution < -0.4 is 5.32 Å². The van der Waals surface area contributed by atoms with Crippen LogP contribution in [0.5, 0.6) is 0 Å². The molecule has 0 aromatic rings. The third kappa shape index (κ3) is 2.87. The first-order chi connectivity index (χ1) is 9.05. The van der Waals surface area contributed by atoms with Gasteiger partial charge in [0.1, 0.15) is 5.92 Å². The molecule has 116 valence electrons. The van der Waals surface area contributed by atoms with Crippen LogP contribution in [-0.4, -0.2) is 36.5 Å². The highest BCUT2D eigenvalue weighted by Gasteiger charge is 2.61. The zero-order valence-electron chi connectivity index (χ0n) is 10.3. The van der Waals surface area contributed by atoms with Crippen molar-refractivity contribution in [3.05, 3.63) is 0 Å². The second-order valence-electron chi connectivity index (χ2n) is 5.22. The molecule has 1 spiro atoms. The summed E-state index contributed by atoms with van der Waals surface area (Å²) in [5.74, 6) is -3.62. The zero-order chi connectivity index (χ0) is 15.2. The molecule has 0 aromatic heterocycles. The number of carbonyl (C=O) groups is 1. The molecular formula is C11H13F6NO2. The molecule has 1 aliphatic heterocycles. The lowest BCUT2D eigenvalue weighted by Crippen LogP contribution is -2.62. The van der Waals surface area contributed by atoms with Gasteiger partial charge in [0, 0.05) is 6.04 Å². The predicted octanol–water partition coefficient (Wildman–Crippen LogP) is 2.56. The minimum Gasteiger partial charge on any atom is -0.374 e. The molecule has 1 aliphatic carbocycles. The first-order valence-corrected chi connectivity index (χ1v) is 6.13. The van der Waals surface area contributed by atoms with Gasteiger partial charge in [0.15, 0.2) is 0 Å². The Morgan fingerprint density at radius 3 is 2.00 bits per heavy atom. The van der Waals surface area contributed by atoms with Crippen LogP contribution in [-0.2, 0) is 9.53 Å². The number of halogens is 6. The van der Waals surface area contributed by atoms with Gasteiger partial charge < -0.3 is 10.1 Å². The van der Waals surface area contributed by atoms with Crippen molar-refractivity contribution in [3.63, 3.8) is 0 Å². The highest BCUT2D eigenvalue weighted by atomic mass is 19.4. The van der Waals surface area contributed by atoms with Crippen LogP contribution in [0.1, 0.15) is 25.7 Å². The Morgan fingerprint density at radius 1 is 1.10 bits per heavy atom. The van der Waals surface area contributed by atoms with Crippen LogP contribution in [0, 0.1) is 5.92 Å². The molecule has 3 nitrogen and oxygen atoms in total. The Morgan fingerprint density at radius 2 is 1.65 bits per heavy atom. The summed E-state index contributed by atoms with van der Waals surface area (Å²) < 4.78 is 79.3. The normalized spacial score (nSPS) is 34.7. The molecule has 2 fully saturated rings. The van der Waals surface area contributed by atoms with E-state index in [9.17, 15) is 31.1 Å². The maximum atomic E-state index is 12.7. The van der Waals surface area contributed by atoms with Gasteiger partial charge in [0.25, 0.3) is 0 Å². The van der Waals surface area contributed by atoms with Gasteiger partial charge in [-0.25, -0.2) is 0 Å². The quantitative estimate of drug-likeness (QED) is 0.756. The van der Waals surface area contributed by atoms with E-state index in [4.69, 9.17) is 4.74 Å². The van der Waals surface area contributed by atoms with Gasteiger partial charge in [0.05, 0.1) is 12.2 Å². The van der Waals surface area contributed by atoms with E-state index >= 15 is 0 Å². The summed E-state index contributed by atoms with van der Waals surface area (Å²) in [5.41, 5.74) is -1.31. The molecule has 9 heteroatoms. The summed E-state index contributed by atoms with van der Waals surface area (Å²) >= 11 is 0. The highest BCUT2D eigenvalue weighted by molar-refractivity contribution is 5.81. The van der Waals surface area contributed by atoms with E-state index in [2.05, 4.69) is 0 Å². The molecule has 1 heterocycles. The van der Waals surface area contributed by atoms with Gasteiger partial charge in [0.2, 0.25) is 0 Å². The van der Waals surface area contributed by atoms with E-state index in [1.807, 2.05) is 0 Å². The van der Waals surface area contributed by atoms with Crippen LogP contribution in [0.2, 0.25) is 0 Å². The van der Waals surface area contributed by atoms with Gasteiger partial charge in [-0.1, -0.05) is 0 Å². The van der Waals surface area contributed by atoms with E-state index < -0.39 is 42.4 Å². The summed E-state index contributed by atoms with van der Waals surface area (Å²) in [5, 5.41) is 1.80. The first kappa shape index (κ1) is 15.4. The van der Waals surface area contributed by atoms with E-state index in [0.717, 1.165) is 0 Å². The molecule has 1 amide bonds. The summed E-state index contributed by atoms with van der Waals surface area (Å²) in [7, 11) is 0. The van der Waals surface area contributed by atoms with Gasteiger partial charge in [-0.2, -0.15) is 26.3 Å². The van der Waals surface area contributed by atoms with Crippen LogP contribution in [0.3, 0.4) is 0 Å². The van der Waals surface area contributed by atoms with Gasteiger partial charge in [-0.3, -0.25) is 4.79 Å². The number of nitrogens with one attached hydrogen (secondary N) is 1. The minimum atomic E-state index is -4.98. The second kappa shape index (κ2) is 4.78. The number of carbonyl (C=O) groups excluding carboxylic acids is 1. The molecule has 1 saturated heterocycles. The Labute approximate surface area is 110 Å². The van der Waals surface area contributed by atoms with Crippen molar-refractivity contribution in [1.82, 2.24) is 5.32 Å². The summed E-state index contributed by atoms with van der Waals surface area (Å²) in [6, 6.07) is -0.757. The van der Waals surface area contributed by atoms with Gasteiger partial charge in [-0.05, 0) is 25.7 Å². The SMILES string of the molecule is O=C(NC1CCC2(CC1)OCC2C(F)(F)F)C(F)(F)F. The molecule has 1 atom stereocenters. The lowest BCUT2D eigenvalue weighted by atomic mass is 9.70. The van der Waals surface area contributed by atoms with Crippen molar-refractivity contribution >= 4 is 5.91 Å². The number of rotatable bonds is 1. The molecule has 1 unspecified atom stereocenters. The Kier molecular flexibility index (Phi) is 3.68. The molecule has 0 radical (unpaired) electrons. The summed E-state index contributed by atoms with van der Waals surface area (Å²) in [6.45, 7) is -0.400. The van der Waals surface area contributed by atoms with Crippen molar-refractivity contribution in [2.45, 2.75) is 49.7 Å². The maximum Gasteiger partial charge on any atom is 0.471 e. The molecule has 0 bridgehead atoms. The fraction of sp³-hybridized carbons (Fsp3) is 0.909. The van der Waals surface area contributed by atoms with Crippen LogP contribution in [0.25, 0.3) is 0 Å². The zero-order valence-corrected chi connectivity index (χ0v) is 10.3. The van der Waals surface area contributed by atoms with E-state index in [1.165, 1.54) is 0 Å². The molecule has 1 N–H and O–H groups in total. The van der Waals surface area contributed by atoms with E-state index in [1.54, 1.807) is 5.32 Å². The smallest absolute Gasteiger partial charge is 0.374 e. The molecule has 1 saturated carbocycles. The number of hydrogen-bond acceptors (Lipinski definition) is 2. The number of alkyl halides is 6. The van der Waals surface area contributed by atoms with E-state index in [-0.39, 0.29) is 25.7 Å². The van der Waals surface area contributed by atoms with Crippen LogP contribution in [0.4, 0.5) is 26.3 Å². The number of ether oxygens (including phenoxy) is 1. The van der Waals surface area contributed by atoms with Crippen molar-refractivity contribution in [1.29, 1.82) is 0 Å². The van der Waals surface area contributed by atoms with Crippen molar-refractivity contribution in [2.24, 2.45) is 5.92 Å². The molecule has 0 aromatic carbocycles. The Bertz CT molecular complexity index is 383. The first-order valence-electron chi connectivity index (χ1n) is 6.13. The Balaban J connectivity index is 1.89. The van der Waals surface area contributed by atoms with Crippen molar-refractivity contribution < 1.29 is 35.9 Å². The molecule has 2 aliphatic rings. The Hall–Kier alpha value is -0.990. The molecule has 20 heavy (non-hydrogen) atoms. The number of hydrogen-bond donors (Lipinski definition) is 1. The fourth-order valence-electron chi connectivity index (χ4n) is 2.81. The van der Waals surface area contributed by atoms with Crippen LogP contribution >= 0.6 is 0 Å². The average Bonchev–Trinajstić information content (AvgIpc) is 2.25. The third-order valence-electron chi connectivity index (χ3n) is 3.99. The standard InChI is InChI=1S/C11H13F6NO2/c12-10(13,14)7-5-20-9(7)3-1-6(2-4-9)18-8(19)11(15,16)17/h6-7H,1-5H2,(H,18,19). The second-order valence-corrected chi connectivity index (χ2v) is 5.22. The maximum absolute atomic E-state index is 12.7. The average molecular weight is 305 g/mol.